The highest BCUT2D eigenvalue weighted by atomic mass is 16.5. The number of hydrogen-bond acceptors (Lipinski definition) is 1. The fourth-order valence-corrected chi connectivity index (χ4v) is 9.51. The lowest BCUT2D eigenvalue weighted by Gasteiger charge is -2.45. The molecule has 0 saturated carbocycles. The van der Waals surface area contributed by atoms with Crippen LogP contribution in [0.25, 0.3) is 66.1 Å². The van der Waals surface area contributed by atoms with Crippen LogP contribution in [0.2, 0.25) is 0 Å². The number of nitrogens with zero attached hydrogens (tertiary/aromatic N) is 2. The van der Waals surface area contributed by atoms with E-state index in [2.05, 4.69) is 191 Å². The zero-order valence-corrected chi connectivity index (χ0v) is 28.1. The van der Waals surface area contributed by atoms with Crippen molar-refractivity contribution >= 4 is 43.6 Å². The SMILES string of the molecule is c1ccc(-n2c3ccccc3c3cc(-c4ccc5c(c4)C4(c6ccccc6O5)c5ccccc5-n5c6ccccc6c6cccc4c65)ccc32)cc1. The third-order valence-corrected chi connectivity index (χ3v) is 11.6. The second-order valence-electron chi connectivity index (χ2n) is 14.1. The molecule has 10 aromatic rings. The molecule has 1 atom stereocenters. The molecule has 0 fully saturated rings. The Morgan fingerprint density at radius 2 is 0.962 bits per heavy atom. The highest BCUT2D eigenvalue weighted by Gasteiger charge is 2.50. The summed E-state index contributed by atoms with van der Waals surface area (Å²) in [5, 5.41) is 5.02. The van der Waals surface area contributed by atoms with Crippen LogP contribution in [-0.4, -0.2) is 9.13 Å². The van der Waals surface area contributed by atoms with Gasteiger partial charge in [0.1, 0.15) is 11.5 Å². The van der Waals surface area contributed by atoms with Crippen molar-refractivity contribution in [2.75, 3.05) is 0 Å². The van der Waals surface area contributed by atoms with Gasteiger partial charge in [-0.3, -0.25) is 0 Å². The molecule has 0 radical (unpaired) electrons. The maximum Gasteiger partial charge on any atom is 0.132 e. The van der Waals surface area contributed by atoms with E-state index < -0.39 is 5.41 Å². The third kappa shape index (κ3) is 3.45. The molecule has 2 aliphatic rings. The number of aromatic nitrogens is 2. The molecule has 0 bridgehead atoms. The molecule has 1 spiro atoms. The molecular formula is C49H30N2O. The molecule has 1 unspecified atom stereocenters. The molecule has 0 amide bonds. The van der Waals surface area contributed by atoms with Crippen molar-refractivity contribution in [3.63, 3.8) is 0 Å². The van der Waals surface area contributed by atoms with Crippen LogP contribution in [0.5, 0.6) is 11.5 Å². The van der Waals surface area contributed by atoms with Crippen molar-refractivity contribution in [2.24, 2.45) is 0 Å². The molecule has 8 aromatic carbocycles. The van der Waals surface area contributed by atoms with E-state index in [0.717, 1.165) is 33.9 Å². The van der Waals surface area contributed by atoms with Crippen LogP contribution < -0.4 is 4.74 Å². The largest absolute Gasteiger partial charge is 0.457 e. The first-order valence-corrected chi connectivity index (χ1v) is 17.9. The first-order valence-electron chi connectivity index (χ1n) is 17.9. The molecule has 0 saturated heterocycles. The van der Waals surface area contributed by atoms with Crippen LogP contribution in [-0.2, 0) is 5.41 Å². The maximum absolute atomic E-state index is 6.82. The zero-order valence-electron chi connectivity index (χ0n) is 28.1. The minimum Gasteiger partial charge on any atom is -0.457 e. The van der Waals surface area contributed by atoms with Crippen LogP contribution in [0.15, 0.2) is 182 Å². The van der Waals surface area contributed by atoms with Gasteiger partial charge in [-0.25, -0.2) is 0 Å². The zero-order chi connectivity index (χ0) is 34.0. The summed E-state index contributed by atoms with van der Waals surface area (Å²) in [5.74, 6) is 1.79. The summed E-state index contributed by atoms with van der Waals surface area (Å²) in [4.78, 5) is 0. The summed E-state index contributed by atoms with van der Waals surface area (Å²) in [6.07, 6.45) is 0. The molecule has 3 heteroatoms. The van der Waals surface area contributed by atoms with Crippen LogP contribution in [0.1, 0.15) is 22.3 Å². The van der Waals surface area contributed by atoms with Gasteiger partial charge >= 0.3 is 0 Å². The van der Waals surface area contributed by atoms with E-state index in [-0.39, 0.29) is 0 Å². The van der Waals surface area contributed by atoms with Gasteiger partial charge in [-0.05, 0) is 82.9 Å². The Labute approximate surface area is 300 Å². The van der Waals surface area contributed by atoms with Gasteiger partial charge in [0.2, 0.25) is 0 Å². The number of para-hydroxylation sites is 6. The number of hydrogen-bond donors (Lipinski definition) is 0. The molecule has 242 valence electrons. The van der Waals surface area contributed by atoms with Gasteiger partial charge < -0.3 is 13.9 Å². The highest BCUT2D eigenvalue weighted by Crippen LogP contribution is 2.60. The molecular weight excluding hydrogens is 633 g/mol. The first-order chi connectivity index (χ1) is 25.8. The van der Waals surface area contributed by atoms with E-state index in [0.29, 0.717) is 0 Å². The quantitative estimate of drug-likeness (QED) is 0.180. The molecule has 52 heavy (non-hydrogen) atoms. The smallest absolute Gasteiger partial charge is 0.132 e. The molecule has 2 aromatic heterocycles. The van der Waals surface area contributed by atoms with E-state index in [1.807, 2.05) is 0 Å². The summed E-state index contributed by atoms with van der Waals surface area (Å²) in [7, 11) is 0. The summed E-state index contributed by atoms with van der Waals surface area (Å²) in [5.41, 5.74) is 13.8. The number of benzene rings is 8. The fraction of sp³-hybridized carbons (Fsp3) is 0.0204. The molecule has 0 aliphatic carbocycles. The van der Waals surface area contributed by atoms with Gasteiger partial charge in [0, 0.05) is 38.4 Å². The minimum absolute atomic E-state index is 0.603. The minimum atomic E-state index is -0.603. The van der Waals surface area contributed by atoms with Gasteiger partial charge in [0.15, 0.2) is 0 Å². The Balaban J connectivity index is 1.17. The molecule has 3 nitrogen and oxygen atoms in total. The lowest BCUT2D eigenvalue weighted by Crippen LogP contribution is -2.37. The summed E-state index contributed by atoms with van der Waals surface area (Å²) in [6, 6.07) is 66.4. The second kappa shape index (κ2) is 10.1. The summed E-state index contributed by atoms with van der Waals surface area (Å²) >= 11 is 0. The van der Waals surface area contributed by atoms with Gasteiger partial charge in [0.25, 0.3) is 0 Å². The Morgan fingerprint density at radius 1 is 0.365 bits per heavy atom. The molecule has 2 aliphatic heterocycles. The summed E-state index contributed by atoms with van der Waals surface area (Å²) in [6.45, 7) is 0. The standard InChI is InChI=1S/C49H30N2O/c1-2-13-33(14-3-1)50-42-21-8-5-16-35(42)37-29-31(25-27-44(37)50)32-26-28-47-41(30-32)49(39-19-7-11-24-46(39)52-47)38-18-6-10-23-45(38)51-43-22-9-4-15-34(43)36-17-12-20-40(49)48(36)51/h1-30H. The average molecular weight is 663 g/mol. The van der Waals surface area contributed by atoms with Crippen molar-refractivity contribution < 1.29 is 4.74 Å². The maximum atomic E-state index is 6.82. The summed E-state index contributed by atoms with van der Waals surface area (Å²) < 4.78 is 11.7. The first kappa shape index (κ1) is 27.9. The topological polar surface area (TPSA) is 19.1 Å². The van der Waals surface area contributed by atoms with Crippen molar-refractivity contribution in [1.82, 2.24) is 9.13 Å². The van der Waals surface area contributed by atoms with Crippen LogP contribution in [0, 0.1) is 0 Å². The van der Waals surface area contributed by atoms with E-state index in [1.54, 1.807) is 0 Å². The lowest BCUT2D eigenvalue weighted by molar-refractivity contribution is 0.434. The van der Waals surface area contributed by atoms with Crippen molar-refractivity contribution in [3.05, 3.63) is 204 Å². The molecule has 12 rings (SSSR count). The van der Waals surface area contributed by atoms with Gasteiger partial charge in [-0.2, -0.15) is 0 Å². The van der Waals surface area contributed by atoms with Gasteiger partial charge in [0.05, 0.1) is 33.2 Å². The van der Waals surface area contributed by atoms with E-state index in [9.17, 15) is 0 Å². The predicted molar refractivity (Wildman–Crippen MR) is 212 cm³/mol. The second-order valence-corrected chi connectivity index (χ2v) is 14.1. The Bertz CT molecular complexity index is 3110. The van der Waals surface area contributed by atoms with Gasteiger partial charge in [-0.1, -0.05) is 121 Å². The molecule has 0 N–H and O–H groups in total. The van der Waals surface area contributed by atoms with Crippen molar-refractivity contribution in [3.8, 4) is 34.0 Å². The lowest BCUT2D eigenvalue weighted by atomic mass is 9.61. The number of ether oxygens (including phenoxy) is 1. The normalized spacial score (nSPS) is 15.5. The number of fused-ring (bicyclic) bond motifs is 14. The van der Waals surface area contributed by atoms with Crippen LogP contribution in [0.4, 0.5) is 0 Å². The Kier molecular flexibility index (Phi) is 5.43. The monoisotopic (exact) mass is 662 g/mol. The van der Waals surface area contributed by atoms with Crippen LogP contribution >= 0.6 is 0 Å². The molecule has 4 heterocycles. The Morgan fingerprint density at radius 3 is 1.83 bits per heavy atom. The third-order valence-electron chi connectivity index (χ3n) is 11.6. The van der Waals surface area contributed by atoms with Gasteiger partial charge in [-0.15, -0.1) is 0 Å². The van der Waals surface area contributed by atoms with Crippen molar-refractivity contribution in [2.45, 2.75) is 5.41 Å². The van der Waals surface area contributed by atoms with Crippen molar-refractivity contribution in [1.29, 1.82) is 0 Å². The van der Waals surface area contributed by atoms with E-state index in [4.69, 9.17) is 4.74 Å². The average Bonchev–Trinajstić information content (AvgIpc) is 3.73. The predicted octanol–water partition coefficient (Wildman–Crippen LogP) is 12.3. The van der Waals surface area contributed by atoms with Crippen LogP contribution in [0.3, 0.4) is 0 Å². The van der Waals surface area contributed by atoms with E-state index in [1.165, 1.54) is 66.0 Å². The highest BCUT2D eigenvalue weighted by molar-refractivity contribution is 6.13. The fourth-order valence-electron chi connectivity index (χ4n) is 9.51. The van der Waals surface area contributed by atoms with E-state index >= 15 is 0 Å². The Hall–Kier alpha value is -6.84. The number of rotatable bonds is 2.